The molecule has 0 radical (unpaired) electrons. The van der Waals surface area contributed by atoms with Crippen molar-refractivity contribution in [1.82, 2.24) is 20.0 Å². The number of hydrogen-bond acceptors (Lipinski definition) is 12. The molecule has 2 aliphatic heterocycles. The molecule has 4 N–H and O–H groups in total. The number of phenols is 2. The van der Waals surface area contributed by atoms with Gasteiger partial charge in [0.2, 0.25) is 5.91 Å². The smallest absolute Gasteiger partial charge is 0.260 e. The zero-order valence-electron chi connectivity index (χ0n) is 29.6. The van der Waals surface area contributed by atoms with Gasteiger partial charge in [-0.2, -0.15) is 0 Å². The average Bonchev–Trinajstić information content (AvgIpc) is 3.69. The van der Waals surface area contributed by atoms with Gasteiger partial charge in [0.25, 0.3) is 17.7 Å². The highest BCUT2D eigenvalue weighted by atomic mass is 32.1. The summed E-state index contributed by atoms with van der Waals surface area (Å²) < 4.78 is 19.0. The summed E-state index contributed by atoms with van der Waals surface area (Å²) in [5.74, 6) is 0.719. The molecule has 0 atom stereocenters. The minimum atomic E-state index is -0.841. The lowest BCUT2D eigenvalue weighted by molar-refractivity contribution is -0.135. The zero-order valence-corrected chi connectivity index (χ0v) is 30.4. The third-order valence-corrected chi connectivity index (χ3v) is 10.5. The van der Waals surface area contributed by atoms with E-state index in [0.717, 1.165) is 20.5 Å². The van der Waals surface area contributed by atoms with Crippen LogP contribution in [0.25, 0.3) is 20.5 Å². The molecule has 5 aromatic rings. The summed E-state index contributed by atoms with van der Waals surface area (Å²) in [6.45, 7) is 2.45. The largest absolute Gasteiger partial charge is 0.508 e. The Balaban J connectivity index is 0.845. The molecule has 2 aliphatic rings. The first-order chi connectivity index (χ1) is 26.6. The number of nitrogens with zero attached hydrogens (tertiary/aromatic N) is 3. The van der Waals surface area contributed by atoms with Crippen molar-refractivity contribution < 1.29 is 48.7 Å². The van der Waals surface area contributed by atoms with Crippen molar-refractivity contribution in [1.29, 1.82) is 0 Å². The zero-order chi connectivity index (χ0) is 38.5. The first-order valence-corrected chi connectivity index (χ1v) is 18.4. The average molecular weight is 767 g/mol. The number of hydrogen-bond donors (Lipinski definition) is 4. The van der Waals surface area contributed by atoms with Crippen molar-refractivity contribution >= 4 is 45.1 Å². The number of fused-ring (bicyclic) bond motifs is 2. The number of carbonyl (C=O) groups is 4. The van der Waals surface area contributed by atoms with Gasteiger partial charge in [-0.1, -0.05) is 0 Å². The third kappa shape index (κ3) is 8.81. The molecule has 1 saturated heterocycles. The first kappa shape index (κ1) is 37.2. The van der Waals surface area contributed by atoms with Crippen molar-refractivity contribution in [2.24, 2.45) is 0 Å². The minimum absolute atomic E-state index is 0.148. The van der Waals surface area contributed by atoms with Crippen molar-refractivity contribution in [2.45, 2.75) is 6.54 Å². The lowest BCUT2D eigenvalue weighted by Gasteiger charge is -2.34. The van der Waals surface area contributed by atoms with E-state index in [0.29, 0.717) is 73.5 Å². The molecule has 55 heavy (non-hydrogen) atoms. The lowest BCUT2D eigenvalue weighted by atomic mass is 10.1. The van der Waals surface area contributed by atoms with Crippen LogP contribution in [0.1, 0.15) is 15.9 Å². The number of aliphatic hydroxyl groups excluding tert-OH is 1. The fraction of sp³-hybridized carbons (Fsp3) is 0.250. The van der Waals surface area contributed by atoms with Crippen molar-refractivity contribution in [3.63, 3.8) is 0 Å². The van der Waals surface area contributed by atoms with E-state index in [-0.39, 0.29) is 43.0 Å². The number of nitrogens with one attached hydrogen (secondary N) is 1. The molecule has 1 fully saturated rings. The predicted molar refractivity (Wildman–Crippen MR) is 203 cm³/mol. The van der Waals surface area contributed by atoms with Crippen LogP contribution in [-0.2, 0) is 20.9 Å². The van der Waals surface area contributed by atoms with Crippen molar-refractivity contribution in [3.05, 3.63) is 96.1 Å². The molecule has 4 aromatic carbocycles. The second kappa shape index (κ2) is 16.5. The number of phenolic OH excluding ortho intramolecular Hbond substituents is 2. The predicted octanol–water partition coefficient (Wildman–Crippen LogP) is 3.96. The molecule has 0 saturated carbocycles. The Morgan fingerprint density at radius 3 is 2.24 bits per heavy atom. The van der Waals surface area contributed by atoms with Crippen LogP contribution in [0.4, 0.5) is 0 Å². The minimum Gasteiger partial charge on any atom is -0.508 e. The summed E-state index contributed by atoms with van der Waals surface area (Å²) in [6.07, 6.45) is 0. The highest BCUT2D eigenvalue weighted by Crippen LogP contribution is 2.47. The van der Waals surface area contributed by atoms with Crippen LogP contribution in [0.2, 0.25) is 0 Å². The van der Waals surface area contributed by atoms with E-state index >= 15 is 0 Å². The SMILES string of the molecule is O=C(CO)NC(=O)CN1Cc2cc(OCC(=O)N3CCN(CCOc4ccc(Oc5c(-c6ccc(O)cc6)sc6cc(O)ccc56)cc4)CC3)ccc2C1=O. The van der Waals surface area contributed by atoms with Gasteiger partial charge in [-0.05, 0) is 96.1 Å². The number of amides is 4. The Morgan fingerprint density at radius 2 is 1.49 bits per heavy atom. The highest BCUT2D eigenvalue weighted by Gasteiger charge is 2.30. The van der Waals surface area contributed by atoms with E-state index in [1.807, 2.05) is 47.8 Å². The van der Waals surface area contributed by atoms with Crippen molar-refractivity contribution in [2.75, 3.05) is 59.1 Å². The van der Waals surface area contributed by atoms with Gasteiger partial charge >= 0.3 is 0 Å². The van der Waals surface area contributed by atoms with E-state index in [1.54, 1.807) is 47.4 Å². The molecule has 14 nitrogen and oxygen atoms in total. The van der Waals surface area contributed by atoms with Gasteiger partial charge in [-0.3, -0.25) is 29.4 Å². The molecule has 3 heterocycles. The van der Waals surface area contributed by atoms with E-state index < -0.39 is 18.4 Å². The third-order valence-electron chi connectivity index (χ3n) is 9.28. The van der Waals surface area contributed by atoms with E-state index in [4.69, 9.17) is 19.3 Å². The summed E-state index contributed by atoms with van der Waals surface area (Å²) in [5, 5.41) is 31.5. The van der Waals surface area contributed by atoms with Gasteiger partial charge < -0.3 is 39.3 Å². The van der Waals surface area contributed by atoms with Gasteiger partial charge in [-0.15, -0.1) is 11.3 Å². The molecular formula is C40H38N4O10S. The number of aromatic hydroxyl groups is 2. The number of ether oxygens (including phenoxy) is 3. The summed E-state index contributed by atoms with van der Waals surface area (Å²) in [6, 6.07) is 24.3. The van der Waals surface area contributed by atoms with Crippen LogP contribution >= 0.6 is 11.3 Å². The topological polar surface area (TPSA) is 178 Å². The van der Waals surface area contributed by atoms with Crippen LogP contribution < -0.4 is 19.5 Å². The Kier molecular flexibility index (Phi) is 11.1. The second-order valence-corrected chi connectivity index (χ2v) is 14.1. The Labute approximate surface area is 319 Å². The fourth-order valence-electron chi connectivity index (χ4n) is 6.42. The van der Waals surface area contributed by atoms with E-state index in [1.165, 1.54) is 16.2 Å². The van der Waals surface area contributed by atoms with Crippen LogP contribution in [0.3, 0.4) is 0 Å². The van der Waals surface area contributed by atoms with Crippen LogP contribution in [0, 0.1) is 0 Å². The van der Waals surface area contributed by atoms with Gasteiger partial charge in [0.05, 0.1) is 4.88 Å². The maximum Gasteiger partial charge on any atom is 0.260 e. The molecule has 15 heteroatoms. The molecule has 0 aliphatic carbocycles. The molecule has 7 rings (SSSR count). The summed E-state index contributed by atoms with van der Waals surface area (Å²) in [4.78, 5) is 55.0. The van der Waals surface area contributed by atoms with Gasteiger partial charge in [0.15, 0.2) is 12.4 Å². The van der Waals surface area contributed by atoms with Gasteiger partial charge in [0, 0.05) is 54.9 Å². The maximum absolute atomic E-state index is 12.9. The van der Waals surface area contributed by atoms with Crippen LogP contribution in [0.5, 0.6) is 34.5 Å². The molecular weight excluding hydrogens is 729 g/mol. The Hall–Kier alpha value is -6.16. The monoisotopic (exact) mass is 766 g/mol. The van der Waals surface area contributed by atoms with Gasteiger partial charge in [-0.25, -0.2) is 0 Å². The summed E-state index contributed by atoms with van der Waals surface area (Å²) in [5.41, 5.74) is 1.95. The first-order valence-electron chi connectivity index (χ1n) is 17.6. The maximum atomic E-state index is 12.9. The fourth-order valence-corrected chi connectivity index (χ4v) is 7.59. The van der Waals surface area contributed by atoms with Gasteiger partial charge in [0.1, 0.15) is 48.5 Å². The number of aliphatic hydroxyl groups is 1. The molecule has 0 bridgehead atoms. The lowest BCUT2D eigenvalue weighted by Crippen LogP contribution is -2.50. The molecule has 284 valence electrons. The standard InChI is InChI=1S/C40H38N4O10S/c45-23-36(49)41-35(48)22-44-21-26-19-31(10-12-32(26)40(44)51)53-24-37(50)43-15-13-42(14-16-43)17-18-52-29-6-8-30(9-7-29)54-38-33-11-5-28(47)20-34(33)55-39(38)25-1-3-27(46)4-2-25/h1-12,19-20,45-47H,13-18,21-24H2,(H,41,48,49). The van der Waals surface area contributed by atoms with E-state index in [9.17, 15) is 29.4 Å². The molecule has 0 spiro atoms. The Bertz CT molecular complexity index is 2220. The highest BCUT2D eigenvalue weighted by molar-refractivity contribution is 7.22. The molecule has 0 unspecified atom stereocenters. The van der Waals surface area contributed by atoms with Crippen LogP contribution in [-0.4, -0.2) is 113 Å². The number of carbonyl (C=O) groups excluding carboxylic acids is 4. The second-order valence-electron chi connectivity index (χ2n) is 13.0. The van der Waals surface area contributed by atoms with E-state index in [2.05, 4.69) is 4.90 Å². The van der Waals surface area contributed by atoms with Crippen LogP contribution in [0.15, 0.2) is 84.9 Å². The van der Waals surface area contributed by atoms with Crippen molar-refractivity contribution in [3.8, 4) is 44.9 Å². The quantitative estimate of drug-likeness (QED) is 0.136. The molecule has 1 aromatic heterocycles. The number of thiophene rings is 1. The number of imide groups is 1. The Morgan fingerprint density at radius 1 is 0.782 bits per heavy atom. The summed E-state index contributed by atoms with van der Waals surface area (Å²) in [7, 11) is 0. The summed E-state index contributed by atoms with van der Waals surface area (Å²) >= 11 is 1.50. The molecule has 4 amide bonds. The number of benzene rings is 4. The number of rotatable bonds is 13. The normalized spacial score (nSPS) is 14.2. The number of piperazine rings is 1.